The van der Waals surface area contributed by atoms with E-state index in [1.165, 1.54) is 38.9 Å². The molecule has 2 heterocycles. The molecule has 3 fully saturated rings. The third-order valence-electron chi connectivity index (χ3n) is 4.16. The van der Waals surface area contributed by atoms with Gasteiger partial charge in [0.25, 0.3) is 0 Å². The molecular formula is C11H20N2. The van der Waals surface area contributed by atoms with E-state index in [2.05, 4.69) is 23.6 Å². The maximum atomic E-state index is 2.76. The molecule has 13 heavy (non-hydrogen) atoms. The van der Waals surface area contributed by atoms with Crippen molar-refractivity contribution < 1.29 is 0 Å². The first-order valence-corrected chi connectivity index (χ1v) is 5.72. The van der Waals surface area contributed by atoms with Crippen LogP contribution < -0.4 is 0 Å². The third-order valence-corrected chi connectivity index (χ3v) is 4.16. The van der Waals surface area contributed by atoms with Crippen LogP contribution >= 0.6 is 0 Å². The molecule has 2 saturated heterocycles. The van der Waals surface area contributed by atoms with Crippen molar-refractivity contribution in [2.75, 3.05) is 19.6 Å². The summed E-state index contributed by atoms with van der Waals surface area (Å²) in [6, 6.07) is 1.66. The molecule has 0 aromatic carbocycles. The summed E-state index contributed by atoms with van der Waals surface area (Å²) in [7, 11) is 0. The predicted molar refractivity (Wildman–Crippen MR) is 53.8 cm³/mol. The maximum Gasteiger partial charge on any atom is 0.0342 e. The van der Waals surface area contributed by atoms with Crippen LogP contribution in [0.4, 0.5) is 0 Å². The predicted octanol–water partition coefficient (Wildman–Crippen LogP) is 1.32. The zero-order valence-electron chi connectivity index (χ0n) is 8.79. The van der Waals surface area contributed by atoms with E-state index in [0.29, 0.717) is 0 Å². The fraction of sp³-hybridized carbons (Fsp3) is 1.00. The highest BCUT2D eigenvalue weighted by Gasteiger charge is 2.63. The van der Waals surface area contributed by atoms with Crippen molar-refractivity contribution in [2.24, 2.45) is 0 Å². The first-order valence-electron chi connectivity index (χ1n) is 5.72. The highest BCUT2D eigenvalue weighted by molar-refractivity contribution is 5.20. The number of rotatable bonds is 2. The van der Waals surface area contributed by atoms with E-state index in [0.717, 1.165) is 17.6 Å². The van der Waals surface area contributed by atoms with Crippen molar-refractivity contribution in [1.82, 2.24) is 9.80 Å². The number of hydrogen-bond acceptors (Lipinski definition) is 2. The Balaban J connectivity index is 1.58. The van der Waals surface area contributed by atoms with E-state index >= 15 is 0 Å². The minimum absolute atomic E-state index is 0.750. The molecule has 1 spiro atoms. The first kappa shape index (κ1) is 8.25. The van der Waals surface area contributed by atoms with Gasteiger partial charge in [0.2, 0.25) is 0 Å². The van der Waals surface area contributed by atoms with E-state index in [9.17, 15) is 0 Å². The fourth-order valence-electron chi connectivity index (χ4n) is 2.88. The monoisotopic (exact) mass is 180 g/mol. The molecule has 74 valence electrons. The van der Waals surface area contributed by atoms with Crippen LogP contribution in [0.25, 0.3) is 0 Å². The van der Waals surface area contributed by atoms with Crippen LogP contribution in [0, 0.1) is 0 Å². The molecule has 0 N–H and O–H groups in total. The van der Waals surface area contributed by atoms with Gasteiger partial charge < -0.3 is 0 Å². The molecule has 2 heteroatoms. The van der Waals surface area contributed by atoms with E-state index in [1.807, 2.05) is 0 Å². The van der Waals surface area contributed by atoms with Gasteiger partial charge in [0, 0.05) is 37.3 Å². The summed E-state index contributed by atoms with van der Waals surface area (Å²) in [6.07, 6.45) is 4.40. The molecule has 3 rings (SSSR count). The van der Waals surface area contributed by atoms with E-state index in [1.54, 1.807) is 0 Å². The van der Waals surface area contributed by atoms with Gasteiger partial charge in [0.05, 0.1) is 0 Å². The lowest BCUT2D eigenvalue weighted by Gasteiger charge is -2.20. The van der Waals surface area contributed by atoms with Gasteiger partial charge in [0.15, 0.2) is 0 Å². The van der Waals surface area contributed by atoms with Gasteiger partial charge in [0.1, 0.15) is 0 Å². The van der Waals surface area contributed by atoms with Crippen molar-refractivity contribution >= 4 is 0 Å². The Hall–Kier alpha value is -0.0800. The van der Waals surface area contributed by atoms with E-state index in [-0.39, 0.29) is 0 Å². The minimum Gasteiger partial charge on any atom is -0.299 e. The molecule has 2 atom stereocenters. The molecule has 3 aliphatic rings. The third kappa shape index (κ3) is 1.23. The van der Waals surface area contributed by atoms with Crippen molar-refractivity contribution in [3.8, 4) is 0 Å². The SMILES string of the molecule is CC(C)N1CCC(N2CC23CC3)C1. The van der Waals surface area contributed by atoms with Crippen LogP contribution in [0.15, 0.2) is 0 Å². The van der Waals surface area contributed by atoms with Gasteiger partial charge >= 0.3 is 0 Å². The van der Waals surface area contributed by atoms with Crippen molar-refractivity contribution in [3.63, 3.8) is 0 Å². The number of likely N-dealkylation sites (tertiary alicyclic amines) is 1. The summed E-state index contributed by atoms with van der Waals surface area (Å²) in [5, 5.41) is 0. The summed E-state index contributed by atoms with van der Waals surface area (Å²) in [6.45, 7) is 8.72. The topological polar surface area (TPSA) is 6.25 Å². The molecule has 1 aliphatic carbocycles. The van der Waals surface area contributed by atoms with Crippen LogP contribution in [-0.2, 0) is 0 Å². The second kappa shape index (κ2) is 2.48. The van der Waals surface area contributed by atoms with Gasteiger partial charge in [-0.3, -0.25) is 9.80 Å². The Labute approximate surface area is 80.9 Å². The zero-order valence-corrected chi connectivity index (χ0v) is 8.79. The Kier molecular flexibility index (Phi) is 1.58. The average molecular weight is 180 g/mol. The van der Waals surface area contributed by atoms with E-state index in [4.69, 9.17) is 0 Å². The minimum atomic E-state index is 0.750. The van der Waals surface area contributed by atoms with Crippen LogP contribution in [0.2, 0.25) is 0 Å². The van der Waals surface area contributed by atoms with Crippen LogP contribution in [0.5, 0.6) is 0 Å². The lowest BCUT2D eigenvalue weighted by Crippen LogP contribution is -2.31. The van der Waals surface area contributed by atoms with Gasteiger partial charge in [-0.15, -0.1) is 0 Å². The normalized spacial score (nSPS) is 41.8. The highest BCUT2D eigenvalue weighted by Crippen LogP contribution is 2.55. The number of hydrogen-bond donors (Lipinski definition) is 0. The molecule has 0 amide bonds. The summed E-state index contributed by atoms with van der Waals surface area (Å²) in [5.74, 6) is 0. The molecule has 0 radical (unpaired) electrons. The van der Waals surface area contributed by atoms with Gasteiger partial charge in [-0.2, -0.15) is 0 Å². The molecule has 2 nitrogen and oxygen atoms in total. The van der Waals surface area contributed by atoms with Crippen LogP contribution in [0.1, 0.15) is 33.1 Å². The summed E-state index contributed by atoms with van der Waals surface area (Å²) in [4.78, 5) is 5.38. The van der Waals surface area contributed by atoms with Gasteiger partial charge in [-0.1, -0.05) is 0 Å². The fourth-order valence-corrected chi connectivity index (χ4v) is 2.88. The molecule has 0 bridgehead atoms. The largest absolute Gasteiger partial charge is 0.299 e. The zero-order chi connectivity index (χ0) is 9.05. The second-order valence-corrected chi connectivity index (χ2v) is 5.38. The quantitative estimate of drug-likeness (QED) is 0.591. The Bertz CT molecular complexity index is 220. The molecule has 2 aliphatic heterocycles. The summed E-state index contributed by atoms with van der Waals surface area (Å²) >= 11 is 0. The van der Waals surface area contributed by atoms with Crippen LogP contribution in [-0.4, -0.2) is 47.1 Å². The summed E-state index contributed by atoms with van der Waals surface area (Å²) < 4.78 is 0. The lowest BCUT2D eigenvalue weighted by atomic mass is 10.2. The smallest absolute Gasteiger partial charge is 0.0342 e. The molecule has 0 aromatic heterocycles. The number of nitrogens with zero attached hydrogens (tertiary/aromatic N) is 2. The first-order chi connectivity index (χ1) is 6.21. The standard InChI is InChI=1S/C11H20N2/c1-9(2)12-6-3-10(7-12)13-8-11(13)4-5-11/h9-10H,3-8H2,1-2H3. The Morgan fingerprint density at radius 1 is 1.31 bits per heavy atom. The van der Waals surface area contributed by atoms with Gasteiger partial charge in [-0.05, 0) is 33.1 Å². The molecular weight excluding hydrogens is 160 g/mol. The Morgan fingerprint density at radius 2 is 2.08 bits per heavy atom. The second-order valence-electron chi connectivity index (χ2n) is 5.38. The highest BCUT2D eigenvalue weighted by atomic mass is 15.4. The molecule has 1 saturated carbocycles. The van der Waals surface area contributed by atoms with Crippen molar-refractivity contribution in [1.29, 1.82) is 0 Å². The summed E-state index contributed by atoms with van der Waals surface area (Å²) in [5.41, 5.74) is 0.762. The van der Waals surface area contributed by atoms with Gasteiger partial charge in [-0.25, -0.2) is 0 Å². The lowest BCUT2D eigenvalue weighted by molar-refractivity contribution is 0.254. The molecule has 0 aromatic rings. The van der Waals surface area contributed by atoms with Crippen LogP contribution in [0.3, 0.4) is 0 Å². The van der Waals surface area contributed by atoms with Crippen molar-refractivity contribution in [2.45, 2.75) is 50.7 Å². The average Bonchev–Trinajstić information content (AvgIpc) is 2.96. The van der Waals surface area contributed by atoms with Crippen molar-refractivity contribution in [3.05, 3.63) is 0 Å². The van der Waals surface area contributed by atoms with E-state index < -0.39 is 0 Å². The maximum absolute atomic E-state index is 2.76. The Morgan fingerprint density at radius 3 is 2.54 bits per heavy atom. The molecule has 2 unspecified atom stereocenters.